The third-order valence-electron chi connectivity index (χ3n) is 6.60. The number of aromatic nitrogens is 2. The maximum atomic E-state index is 14.0. The van der Waals surface area contributed by atoms with E-state index < -0.39 is 0 Å². The molecule has 2 aromatic heterocycles. The third kappa shape index (κ3) is 6.32. The number of amides is 1. The van der Waals surface area contributed by atoms with Crippen molar-refractivity contribution in [2.24, 2.45) is 0 Å². The SMILES string of the molecule is C=CC(=O)Nc1cccc(C)c1Nc1cc2c(cn1)cc(-c1cc(OC)cc(OC)c1)c(=O)n2CCCN(C)C. The van der Waals surface area contributed by atoms with E-state index in [2.05, 4.69) is 27.1 Å². The summed E-state index contributed by atoms with van der Waals surface area (Å²) in [7, 11) is 7.19. The first kappa shape index (κ1) is 28.4. The number of nitrogens with one attached hydrogen (secondary N) is 2. The second kappa shape index (κ2) is 12.5. The van der Waals surface area contributed by atoms with Crippen molar-refractivity contribution in [1.29, 1.82) is 0 Å². The molecule has 0 spiro atoms. The van der Waals surface area contributed by atoms with Crippen molar-refractivity contribution < 1.29 is 14.3 Å². The number of fused-ring (bicyclic) bond motifs is 1. The fourth-order valence-electron chi connectivity index (χ4n) is 4.53. The van der Waals surface area contributed by atoms with Crippen LogP contribution in [-0.4, -0.2) is 55.2 Å². The van der Waals surface area contributed by atoms with Gasteiger partial charge in [0.05, 0.1) is 31.1 Å². The number of pyridine rings is 2. The first-order valence-electron chi connectivity index (χ1n) is 13.0. The van der Waals surface area contributed by atoms with E-state index >= 15 is 0 Å². The molecule has 2 heterocycles. The average molecular weight is 542 g/mol. The van der Waals surface area contributed by atoms with E-state index in [1.54, 1.807) is 31.0 Å². The van der Waals surface area contributed by atoms with Crippen LogP contribution in [0.2, 0.25) is 0 Å². The lowest BCUT2D eigenvalue weighted by Gasteiger charge is -2.18. The van der Waals surface area contributed by atoms with Crippen LogP contribution < -0.4 is 25.7 Å². The number of hydrogen-bond donors (Lipinski definition) is 2. The Morgan fingerprint density at radius 3 is 2.48 bits per heavy atom. The Morgan fingerprint density at radius 1 is 1.10 bits per heavy atom. The number of hydrogen-bond acceptors (Lipinski definition) is 7. The van der Waals surface area contributed by atoms with Crippen LogP contribution in [0.1, 0.15) is 12.0 Å². The van der Waals surface area contributed by atoms with Crippen LogP contribution >= 0.6 is 0 Å². The van der Waals surface area contributed by atoms with Gasteiger partial charge in [0.1, 0.15) is 17.3 Å². The molecule has 2 N–H and O–H groups in total. The molecule has 40 heavy (non-hydrogen) atoms. The van der Waals surface area contributed by atoms with Gasteiger partial charge in [0.25, 0.3) is 5.56 Å². The highest BCUT2D eigenvalue weighted by molar-refractivity contribution is 6.02. The molecule has 4 rings (SSSR count). The van der Waals surface area contributed by atoms with Gasteiger partial charge in [-0.3, -0.25) is 9.59 Å². The Labute approximate surface area is 234 Å². The zero-order valence-corrected chi connectivity index (χ0v) is 23.6. The van der Waals surface area contributed by atoms with Crippen molar-refractivity contribution in [3.63, 3.8) is 0 Å². The molecule has 0 aliphatic carbocycles. The molecular weight excluding hydrogens is 506 g/mol. The highest BCUT2D eigenvalue weighted by atomic mass is 16.5. The van der Waals surface area contributed by atoms with Gasteiger partial charge in [0, 0.05) is 35.8 Å². The number of ether oxygens (including phenoxy) is 2. The number of para-hydroxylation sites is 1. The van der Waals surface area contributed by atoms with Gasteiger partial charge in [0.2, 0.25) is 5.91 Å². The van der Waals surface area contributed by atoms with Crippen LogP contribution in [0.25, 0.3) is 22.0 Å². The van der Waals surface area contributed by atoms with Crippen LogP contribution in [0.5, 0.6) is 11.5 Å². The number of benzene rings is 2. The number of anilines is 3. The monoisotopic (exact) mass is 541 g/mol. The molecule has 0 fully saturated rings. The molecule has 0 unspecified atom stereocenters. The zero-order valence-electron chi connectivity index (χ0n) is 23.6. The number of rotatable bonds is 11. The van der Waals surface area contributed by atoms with E-state index in [1.165, 1.54) is 6.08 Å². The van der Waals surface area contributed by atoms with E-state index in [4.69, 9.17) is 9.47 Å². The fraction of sp³-hybridized carbons (Fsp3) is 0.258. The quantitative estimate of drug-likeness (QED) is 0.252. The molecular formula is C31H35N5O4. The molecule has 2 aromatic carbocycles. The van der Waals surface area contributed by atoms with Crippen LogP contribution in [-0.2, 0) is 11.3 Å². The van der Waals surface area contributed by atoms with Crippen molar-refractivity contribution >= 4 is 34.0 Å². The highest BCUT2D eigenvalue weighted by Crippen LogP contribution is 2.32. The van der Waals surface area contributed by atoms with Crippen LogP contribution in [0, 0.1) is 6.92 Å². The van der Waals surface area contributed by atoms with Crippen LogP contribution in [0.4, 0.5) is 17.2 Å². The number of aryl methyl sites for hydroxylation is 2. The molecule has 0 aliphatic rings. The molecule has 9 heteroatoms. The molecule has 0 aliphatic heterocycles. The average Bonchev–Trinajstić information content (AvgIpc) is 2.95. The molecule has 0 atom stereocenters. The lowest BCUT2D eigenvalue weighted by molar-refractivity contribution is -0.111. The van der Waals surface area contributed by atoms with Gasteiger partial charge in [-0.05, 0) is 75.5 Å². The summed E-state index contributed by atoms with van der Waals surface area (Å²) in [6.45, 7) is 6.83. The molecule has 1 amide bonds. The lowest BCUT2D eigenvalue weighted by Crippen LogP contribution is -2.24. The maximum absolute atomic E-state index is 14.0. The van der Waals surface area contributed by atoms with Crippen molar-refractivity contribution in [3.05, 3.63) is 83.3 Å². The second-order valence-electron chi connectivity index (χ2n) is 9.72. The van der Waals surface area contributed by atoms with E-state index in [-0.39, 0.29) is 11.5 Å². The summed E-state index contributed by atoms with van der Waals surface area (Å²) < 4.78 is 12.7. The molecule has 0 saturated carbocycles. The summed E-state index contributed by atoms with van der Waals surface area (Å²) in [6.07, 6.45) is 3.76. The van der Waals surface area contributed by atoms with Gasteiger partial charge in [-0.15, -0.1) is 0 Å². The number of nitrogens with zero attached hydrogens (tertiary/aromatic N) is 3. The number of methoxy groups -OCH3 is 2. The maximum Gasteiger partial charge on any atom is 0.258 e. The zero-order chi connectivity index (χ0) is 28.8. The van der Waals surface area contributed by atoms with Gasteiger partial charge < -0.3 is 29.6 Å². The summed E-state index contributed by atoms with van der Waals surface area (Å²) in [5.41, 5.74) is 4.12. The summed E-state index contributed by atoms with van der Waals surface area (Å²) >= 11 is 0. The van der Waals surface area contributed by atoms with Crippen LogP contribution in [0.15, 0.2) is 72.2 Å². The summed E-state index contributed by atoms with van der Waals surface area (Å²) in [5.74, 6) is 1.44. The van der Waals surface area contributed by atoms with E-state index in [0.29, 0.717) is 46.4 Å². The predicted molar refractivity (Wildman–Crippen MR) is 161 cm³/mol. The van der Waals surface area contributed by atoms with Gasteiger partial charge in [0.15, 0.2) is 0 Å². The van der Waals surface area contributed by atoms with Gasteiger partial charge in [-0.25, -0.2) is 4.98 Å². The smallest absolute Gasteiger partial charge is 0.258 e. The van der Waals surface area contributed by atoms with Crippen molar-refractivity contribution in [2.45, 2.75) is 19.9 Å². The Bertz CT molecular complexity index is 1590. The minimum absolute atomic E-state index is 0.117. The van der Waals surface area contributed by atoms with Gasteiger partial charge in [-0.2, -0.15) is 0 Å². The van der Waals surface area contributed by atoms with E-state index in [1.807, 2.05) is 63.5 Å². The summed E-state index contributed by atoms with van der Waals surface area (Å²) in [4.78, 5) is 32.7. The van der Waals surface area contributed by atoms with E-state index in [0.717, 1.165) is 29.4 Å². The number of carbonyl (C=O) groups is 1. The lowest BCUT2D eigenvalue weighted by atomic mass is 10.0. The third-order valence-corrected chi connectivity index (χ3v) is 6.60. The Hall–Kier alpha value is -4.63. The fourth-order valence-corrected chi connectivity index (χ4v) is 4.53. The van der Waals surface area contributed by atoms with Crippen molar-refractivity contribution in [1.82, 2.24) is 14.5 Å². The Kier molecular flexibility index (Phi) is 8.86. The van der Waals surface area contributed by atoms with Crippen molar-refractivity contribution in [2.75, 3.05) is 45.5 Å². The summed E-state index contributed by atoms with van der Waals surface area (Å²) in [6, 6.07) is 14.8. The predicted octanol–water partition coefficient (Wildman–Crippen LogP) is 5.21. The minimum Gasteiger partial charge on any atom is -0.497 e. The molecule has 208 valence electrons. The largest absolute Gasteiger partial charge is 0.497 e. The summed E-state index contributed by atoms with van der Waals surface area (Å²) in [5, 5.41) is 6.99. The number of carbonyl (C=O) groups excluding carboxylic acids is 1. The minimum atomic E-state index is -0.309. The first-order valence-corrected chi connectivity index (χ1v) is 13.0. The van der Waals surface area contributed by atoms with Gasteiger partial charge in [-0.1, -0.05) is 18.7 Å². The molecule has 0 radical (unpaired) electrons. The first-order chi connectivity index (χ1) is 19.2. The Balaban J connectivity index is 1.84. The highest BCUT2D eigenvalue weighted by Gasteiger charge is 2.16. The molecule has 4 aromatic rings. The normalized spacial score (nSPS) is 10.9. The van der Waals surface area contributed by atoms with Gasteiger partial charge >= 0.3 is 0 Å². The topological polar surface area (TPSA) is 97.7 Å². The Morgan fingerprint density at radius 2 is 1.82 bits per heavy atom. The van der Waals surface area contributed by atoms with E-state index in [9.17, 15) is 9.59 Å². The molecule has 9 nitrogen and oxygen atoms in total. The molecule has 0 bridgehead atoms. The second-order valence-corrected chi connectivity index (χ2v) is 9.72. The van der Waals surface area contributed by atoms with Crippen LogP contribution in [0.3, 0.4) is 0 Å². The standard InChI is InChI=1S/C31H35N5O4/c1-7-29(37)33-26-11-8-10-20(2)30(26)34-28-18-27-22(19-32-28)16-25(31(38)36(27)13-9-12-35(3)4)21-14-23(39-5)17-24(15-21)40-6/h7-8,10-11,14-19H,1,9,12-13H2,2-6H3,(H,32,34)(H,33,37). The van der Waals surface area contributed by atoms with Crippen molar-refractivity contribution in [3.8, 4) is 22.6 Å². The molecule has 0 saturated heterocycles.